The summed E-state index contributed by atoms with van der Waals surface area (Å²) in [5.74, 6) is -0.327. The second-order valence-corrected chi connectivity index (χ2v) is 3.68. The normalized spacial score (nSPS) is 9.69. The summed E-state index contributed by atoms with van der Waals surface area (Å²) in [6.07, 6.45) is 0.666. The summed E-state index contributed by atoms with van der Waals surface area (Å²) >= 11 is 8.95. The first-order valence-electron chi connectivity index (χ1n) is 3.66. The van der Waals surface area contributed by atoms with Crippen molar-refractivity contribution < 1.29 is 4.39 Å². The Morgan fingerprint density at radius 1 is 1.54 bits per heavy atom. The zero-order valence-electron chi connectivity index (χ0n) is 6.65. The minimum absolute atomic E-state index is 0.288. The summed E-state index contributed by atoms with van der Waals surface area (Å²) < 4.78 is 13.7. The van der Waals surface area contributed by atoms with E-state index in [1.54, 1.807) is 0 Å². The first-order valence-corrected chi connectivity index (χ1v) is 4.83. The van der Waals surface area contributed by atoms with Gasteiger partial charge in [0, 0.05) is 16.5 Å². The molecule has 1 aromatic rings. The second-order valence-electron chi connectivity index (χ2n) is 2.48. The number of hydrogen-bond donors (Lipinski definition) is 0. The van der Waals surface area contributed by atoms with Crippen molar-refractivity contribution in [2.75, 3.05) is 0 Å². The van der Waals surface area contributed by atoms with Gasteiger partial charge in [-0.1, -0.05) is 11.6 Å². The molecule has 1 nitrogen and oxygen atoms in total. The molecule has 0 saturated carbocycles. The van der Waals surface area contributed by atoms with E-state index in [-0.39, 0.29) is 12.2 Å². The summed E-state index contributed by atoms with van der Waals surface area (Å²) in [6, 6.07) is 4.75. The fraction of sp³-hybridized carbons (Fsp3) is 0.222. The first-order chi connectivity index (χ1) is 6.16. The molecule has 0 unspecified atom stereocenters. The molecule has 0 radical (unpaired) electrons. The maximum Gasteiger partial charge on any atom is 0.127 e. The molecule has 0 aliphatic rings. The third-order valence-corrected chi connectivity index (χ3v) is 3.07. The Labute approximate surface area is 89.3 Å². The van der Waals surface area contributed by atoms with E-state index >= 15 is 0 Å². The van der Waals surface area contributed by atoms with Crippen molar-refractivity contribution in [3.05, 3.63) is 33.0 Å². The van der Waals surface area contributed by atoms with E-state index in [9.17, 15) is 4.39 Å². The Bertz CT molecular complexity index is 359. The number of hydrogen-bond acceptors (Lipinski definition) is 1. The van der Waals surface area contributed by atoms with Crippen molar-refractivity contribution in [2.24, 2.45) is 0 Å². The quantitative estimate of drug-likeness (QED) is 0.746. The molecule has 0 saturated heterocycles. The van der Waals surface area contributed by atoms with Crippen LogP contribution in [0.25, 0.3) is 0 Å². The zero-order chi connectivity index (χ0) is 9.84. The first kappa shape index (κ1) is 10.5. The van der Waals surface area contributed by atoms with Gasteiger partial charge in [-0.2, -0.15) is 5.26 Å². The maximum atomic E-state index is 13.2. The molecular weight excluding hydrogens is 256 g/mol. The Hall–Kier alpha value is -0.590. The van der Waals surface area contributed by atoms with Crippen molar-refractivity contribution in [3.8, 4) is 6.07 Å². The number of benzene rings is 1. The van der Waals surface area contributed by atoms with Gasteiger partial charge in [0.05, 0.1) is 11.1 Å². The maximum absolute atomic E-state index is 13.2. The van der Waals surface area contributed by atoms with Crippen LogP contribution in [0.15, 0.2) is 16.6 Å². The lowest BCUT2D eigenvalue weighted by molar-refractivity contribution is 0.608. The highest BCUT2D eigenvalue weighted by Gasteiger charge is 2.09. The smallest absolute Gasteiger partial charge is 0.127 e. The highest BCUT2D eigenvalue weighted by molar-refractivity contribution is 9.10. The minimum Gasteiger partial charge on any atom is -0.207 e. The van der Waals surface area contributed by atoms with Crippen LogP contribution in [0.4, 0.5) is 4.39 Å². The average Bonchev–Trinajstić information content (AvgIpc) is 2.12. The number of halogens is 3. The van der Waals surface area contributed by atoms with Crippen LogP contribution in [0.1, 0.15) is 12.0 Å². The Morgan fingerprint density at radius 2 is 2.23 bits per heavy atom. The summed E-state index contributed by atoms with van der Waals surface area (Å²) in [7, 11) is 0. The molecule has 4 heteroatoms. The molecule has 0 heterocycles. The van der Waals surface area contributed by atoms with Gasteiger partial charge in [-0.05, 0) is 34.5 Å². The number of rotatable bonds is 2. The Kier molecular flexibility index (Phi) is 3.71. The standard InChI is InChI=1S/C9H6BrClFN/c10-9-6(2-1-5-13)8(12)4-3-7(9)11/h3-4H,1-2H2. The predicted octanol–water partition coefficient (Wildman–Crippen LogP) is 3.70. The topological polar surface area (TPSA) is 23.8 Å². The van der Waals surface area contributed by atoms with Gasteiger partial charge < -0.3 is 0 Å². The minimum atomic E-state index is -0.327. The molecule has 1 rings (SSSR count). The van der Waals surface area contributed by atoms with Gasteiger partial charge in [0.25, 0.3) is 0 Å². The van der Waals surface area contributed by atoms with Crippen molar-refractivity contribution >= 4 is 27.5 Å². The Balaban J connectivity index is 3.04. The molecule has 13 heavy (non-hydrogen) atoms. The van der Waals surface area contributed by atoms with E-state index in [1.165, 1.54) is 12.1 Å². The predicted molar refractivity (Wildman–Crippen MR) is 53.0 cm³/mol. The molecule has 0 fully saturated rings. The van der Waals surface area contributed by atoms with Crippen molar-refractivity contribution in [1.82, 2.24) is 0 Å². The van der Waals surface area contributed by atoms with Crippen molar-refractivity contribution in [2.45, 2.75) is 12.8 Å². The monoisotopic (exact) mass is 261 g/mol. The molecular formula is C9H6BrClFN. The van der Waals surface area contributed by atoms with Gasteiger partial charge in [0.2, 0.25) is 0 Å². The summed E-state index contributed by atoms with van der Waals surface area (Å²) in [5, 5.41) is 8.82. The zero-order valence-corrected chi connectivity index (χ0v) is 8.99. The number of nitrogens with zero attached hydrogens (tertiary/aromatic N) is 1. The van der Waals surface area contributed by atoms with Crippen molar-refractivity contribution in [1.29, 1.82) is 5.26 Å². The third kappa shape index (κ3) is 2.43. The Morgan fingerprint density at radius 3 is 2.85 bits per heavy atom. The highest BCUT2D eigenvalue weighted by atomic mass is 79.9. The van der Waals surface area contributed by atoms with Gasteiger partial charge in [0.1, 0.15) is 5.82 Å². The molecule has 0 aliphatic heterocycles. The molecule has 0 spiro atoms. The lowest BCUT2D eigenvalue weighted by Crippen LogP contribution is -1.92. The van der Waals surface area contributed by atoms with Gasteiger partial charge in [-0.3, -0.25) is 0 Å². The van der Waals surface area contributed by atoms with Crippen LogP contribution in [-0.4, -0.2) is 0 Å². The van der Waals surface area contributed by atoms with Crippen LogP contribution in [0.5, 0.6) is 0 Å². The summed E-state index contributed by atoms with van der Waals surface area (Å²) in [4.78, 5) is 0. The lowest BCUT2D eigenvalue weighted by atomic mass is 10.1. The van der Waals surface area contributed by atoms with Gasteiger partial charge >= 0.3 is 0 Å². The van der Waals surface area contributed by atoms with Crippen LogP contribution in [0.2, 0.25) is 5.02 Å². The van der Waals surface area contributed by atoms with Crippen LogP contribution in [0, 0.1) is 17.1 Å². The van der Waals surface area contributed by atoms with Gasteiger partial charge in [0.15, 0.2) is 0 Å². The SMILES string of the molecule is N#CCCc1c(F)ccc(Cl)c1Br. The van der Waals surface area contributed by atoms with Gasteiger partial charge in [-0.15, -0.1) is 0 Å². The fourth-order valence-electron chi connectivity index (χ4n) is 0.979. The molecule has 0 N–H and O–H groups in total. The van der Waals surface area contributed by atoms with E-state index in [2.05, 4.69) is 15.9 Å². The molecule has 1 aromatic carbocycles. The van der Waals surface area contributed by atoms with Crippen LogP contribution < -0.4 is 0 Å². The molecule has 0 aliphatic carbocycles. The fourth-order valence-corrected chi connectivity index (χ4v) is 1.68. The molecule has 0 atom stereocenters. The number of nitriles is 1. The largest absolute Gasteiger partial charge is 0.207 e. The van der Waals surface area contributed by atoms with E-state index in [0.717, 1.165) is 0 Å². The third-order valence-electron chi connectivity index (χ3n) is 1.63. The molecule has 0 bridgehead atoms. The van der Waals surface area contributed by atoms with E-state index in [0.29, 0.717) is 21.5 Å². The summed E-state index contributed by atoms with van der Waals surface area (Å²) in [6.45, 7) is 0. The van der Waals surface area contributed by atoms with E-state index in [1.807, 2.05) is 6.07 Å². The molecule has 68 valence electrons. The second kappa shape index (κ2) is 4.59. The van der Waals surface area contributed by atoms with E-state index in [4.69, 9.17) is 16.9 Å². The molecule has 0 aromatic heterocycles. The molecule has 0 amide bonds. The highest BCUT2D eigenvalue weighted by Crippen LogP contribution is 2.29. The van der Waals surface area contributed by atoms with Gasteiger partial charge in [-0.25, -0.2) is 4.39 Å². The average molecular weight is 263 g/mol. The summed E-state index contributed by atoms with van der Waals surface area (Å²) in [5.41, 5.74) is 0.467. The van der Waals surface area contributed by atoms with Crippen LogP contribution in [0.3, 0.4) is 0 Å². The van der Waals surface area contributed by atoms with Crippen molar-refractivity contribution in [3.63, 3.8) is 0 Å². The lowest BCUT2D eigenvalue weighted by Gasteiger charge is -2.04. The van der Waals surface area contributed by atoms with Crippen LogP contribution in [-0.2, 0) is 6.42 Å². The van der Waals surface area contributed by atoms with Crippen LogP contribution >= 0.6 is 27.5 Å². The van der Waals surface area contributed by atoms with E-state index < -0.39 is 0 Å².